The molecule has 1 saturated heterocycles. The maximum absolute atomic E-state index is 11.5. The van der Waals surface area contributed by atoms with Gasteiger partial charge in [0.05, 0.1) is 7.11 Å². The van der Waals surface area contributed by atoms with E-state index in [1.54, 1.807) is 0 Å². The van der Waals surface area contributed by atoms with Crippen LogP contribution in [0.3, 0.4) is 0 Å². The standard InChI is InChI=1S/C12H24N2O2/c1-4-14(10(2)12(15)16-3)9-11-6-5-7-13-8-11/h10-11,13H,4-9H2,1-3H3. The molecule has 2 unspecified atom stereocenters. The normalized spacial score (nSPS) is 23.1. The molecule has 0 saturated carbocycles. The zero-order valence-electron chi connectivity index (χ0n) is 10.7. The van der Waals surface area contributed by atoms with Gasteiger partial charge < -0.3 is 10.1 Å². The van der Waals surface area contributed by atoms with E-state index in [4.69, 9.17) is 4.74 Å². The smallest absolute Gasteiger partial charge is 0.322 e. The molecule has 16 heavy (non-hydrogen) atoms. The first-order chi connectivity index (χ1) is 7.69. The van der Waals surface area contributed by atoms with Crippen molar-refractivity contribution < 1.29 is 9.53 Å². The molecular formula is C12H24N2O2. The Labute approximate surface area is 98.3 Å². The van der Waals surface area contributed by atoms with Gasteiger partial charge >= 0.3 is 5.97 Å². The number of carbonyl (C=O) groups excluding carboxylic acids is 1. The van der Waals surface area contributed by atoms with Gasteiger partial charge in [0.1, 0.15) is 6.04 Å². The van der Waals surface area contributed by atoms with E-state index in [1.165, 1.54) is 20.0 Å². The lowest BCUT2D eigenvalue weighted by molar-refractivity contribution is -0.146. The number of hydrogen-bond donors (Lipinski definition) is 1. The molecule has 4 heteroatoms. The Kier molecular flexibility index (Phi) is 5.77. The van der Waals surface area contributed by atoms with E-state index in [0.29, 0.717) is 5.92 Å². The van der Waals surface area contributed by atoms with Crippen molar-refractivity contribution in [1.29, 1.82) is 0 Å². The summed E-state index contributed by atoms with van der Waals surface area (Å²) in [6, 6.07) is -0.128. The van der Waals surface area contributed by atoms with Crippen molar-refractivity contribution in [2.75, 3.05) is 33.3 Å². The molecule has 0 aromatic heterocycles. The zero-order chi connectivity index (χ0) is 12.0. The lowest BCUT2D eigenvalue weighted by atomic mass is 9.98. The van der Waals surface area contributed by atoms with E-state index in [9.17, 15) is 4.79 Å². The van der Waals surface area contributed by atoms with Crippen LogP contribution in [0.5, 0.6) is 0 Å². The van der Waals surface area contributed by atoms with E-state index in [-0.39, 0.29) is 12.0 Å². The molecule has 1 rings (SSSR count). The fraction of sp³-hybridized carbons (Fsp3) is 0.917. The maximum Gasteiger partial charge on any atom is 0.322 e. The summed E-state index contributed by atoms with van der Waals surface area (Å²) in [6.07, 6.45) is 2.51. The molecule has 0 spiro atoms. The van der Waals surface area contributed by atoms with Gasteiger partial charge in [-0.3, -0.25) is 9.69 Å². The Morgan fingerprint density at radius 3 is 2.88 bits per heavy atom. The van der Waals surface area contributed by atoms with Crippen LogP contribution in [-0.4, -0.2) is 50.2 Å². The Hall–Kier alpha value is -0.610. The van der Waals surface area contributed by atoms with Gasteiger partial charge in [0.2, 0.25) is 0 Å². The third kappa shape index (κ3) is 3.76. The molecule has 1 heterocycles. The molecule has 0 aromatic rings. The third-order valence-electron chi connectivity index (χ3n) is 3.39. The predicted octanol–water partition coefficient (Wildman–Crippen LogP) is 0.869. The molecule has 1 N–H and O–H groups in total. The molecular weight excluding hydrogens is 204 g/mol. The van der Waals surface area contributed by atoms with Gasteiger partial charge in [0, 0.05) is 6.54 Å². The number of carbonyl (C=O) groups is 1. The summed E-state index contributed by atoms with van der Waals surface area (Å²) < 4.78 is 4.79. The monoisotopic (exact) mass is 228 g/mol. The van der Waals surface area contributed by atoms with Crippen LogP contribution in [0.25, 0.3) is 0 Å². The van der Waals surface area contributed by atoms with Crippen LogP contribution < -0.4 is 5.32 Å². The van der Waals surface area contributed by atoms with Crippen LogP contribution in [-0.2, 0) is 9.53 Å². The SMILES string of the molecule is CCN(CC1CCCNC1)C(C)C(=O)OC. The summed E-state index contributed by atoms with van der Waals surface area (Å²) >= 11 is 0. The molecule has 94 valence electrons. The summed E-state index contributed by atoms with van der Waals surface area (Å²) in [5.41, 5.74) is 0. The van der Waals surface area contributed by atoms with Gasteiger partial charge in [-0.05, 0) is 45.3 Å². The molecule has 0 radical (unpaired) electrons. The van der Waals surface area contributed by atoms with E-state index in [1.807, 2.05) is 6.92 Å². The molecule has 1 fully saturated rings. The Morgan fingerprint density at radius 2 is 2.38 bits per heavy atom. The van der Waals surface area contributed by atoms with E-state index < -0.39 is 0 Å². The second-order valence-electron chi connectivity index (χ2n) is 4.50. The van der Waals surface area contributed by atoms with Crippen LogP contribution in [0, 0.1) is 5.92 Å². The minimum Gasteiger partial charge on any atom is -0.468 e. The van der Waals surface area contributed by atoms with Crippen LogP contribution in [0.1, 0.15) is 26.7 Å². The molecule has 0 bridgehead atoms. The number of piperidine rings is 1. The highest BCUT2D eigenvalue weighted by molar-refractivity contribution is 5.75. The average Bonchev–Trinajstić information content (AvgIpc) is 2.35. The quantitative estimate of drug-likeness (QED) is 0.709. The minimum absolute atomic E-state index is 0.128. The van der Waals surface area contributed by atoms with Gasteiger partial charge in [0.25, 0.3) is 0 Å². The summed E-state index contributed by atoms with van der Waals surface area (Å²) in [7, 11) is 1.45. The van der Waals surface area contributed by atoms with Crippen LogP contribution in [0.15, 0.2) is 0 Å². The lowest BCUT2D eigenvalue weighted by Crippen LogP contribution is -2.45. The predicted molar refractivity (Wildman–Crippen MR) is 64.3 cm³/mol. The first kappa shape index (κ1) is 13.5. The van der Waals surface area contributed by atoms with Crippen LogP contribution in [0.2, 0.25) is 0 Å². The van der Waals surface area contributed by atoms with Gasteiger partial charge in [-0.15, -0.1) is 0 Å². The molecule has 1 aliphatic rings. The highest BCUT2D eigenvalue weighted by Crippen LogP contribution is 2.13. The number of ether oxygens (including phenoxy) is 1. The summed E-state index contributed by atoms with van der Waals surface area (Å²) in [4.78, 5) is 13.7. The van der Waals surface area contributed by atoms with Gasteiger partial charge in [-0.2, -0.15) is 0 Å². The van der Waals surface area contributed by atoms with Crippen LogP contribution >= 0.6 is 0 Å². The zero-order valence-corrected chi connectivity index (χ0v) is 10.7. The summed E-state index contributed by atoms with van der Waals surface area (Å²) in [5.74, 6) is 0.534. The van der Waals surface area contributed by atoms with Gasteiger partial charge in [-0.25, -0.2) is 0 Å². The van der Waals surface area contributed by atoms with Crippen LogP contribution in [0.4, 0.5) is 0 Å². The second kappa shape index (κ2) is 6.86. The first-order valence-corrected chi connectivity index (χ1v) is 6.21. The number of nitrogens with zero attached hydrogens (tertiary/aromatic N) is 1. The summed E-state index contributed by atoms with van der Waals surface area (Å²) in [6.45, 7) is 8.10. The topological polar surface area (TPSA) is 41.6 Å². The van der Waals surface area contributed by atoms with E-state index in [0.717, 1.165) is 26.2 Å². The fourth-order valence-electron chi connectivity index (χ4n) is 2.29. The Bertz CT molecular complexity index is 215. The van der Waals surface area contributed by atoms with E-state index >= 15 is 0 Å². The molecule has 0 aliphatic carbocycles. The molecule has 2 atom stereocenters. The highest BCUT2D eigenvalue weighted by atomic mass is 16.5. The molecule has 0 aromatic carbocycles. The van der Waals surface area contributed by atoms with Crippen molar-refractivity contribution in [2.24, 2.45) is 5.92 Å². The molecule has 0 amide bonds. The van der Waals surface area contributed by atoms with Crippen molar-refractivity contribution in [3.63, 3.8) is 0 Å². The Morgan fingerprint density at radius 1 is 1.62 bits per heavy atom. The lowest BCUT2D eigenvalue weighted by Gasteiger charge is -2.32. The largest absolute Gasteiger partial charge is 0.468 e. The number of likely N-dealkylation sites (N-methyl/N-ethyl adjacent to an activating group) is 1. The van der Waals surface area contributed by atoms with Gasteiger partial charge in [0.15, 0.2) is 0 Å². The first-order valence-electron chi connectivity index (χ1n) is 6.21. The van der Waals surface area contributed by atoms with E-state index in [2.05, 4.69) is 17.1 Å². The third-order valence-corrected chi connectivity index (χ3v) is 3.39. The van der Waals surface area contributed by atoms with Crippen molar-refractivity contribution in [3.05, 3.63) is 0 Å². The van der Waals surface area contributed by atoms with Crippen molar-refractivity contribution in [3.8, 4) is 0 Å². The number of nitrogens with one attached hydrogen (secondary N) is 1. The van der Waals surface area contributed by atoms with Crippen molar-refractivity contribution in [1.82, 2.24) is 10.2 Å². The number of rotatable bonds is 5. The van der Waals surface area contributed by atoms with Crippen molar-refractivity contribution in [2.45, 2.75) is 32.7 Å². The average molecular weight is 228 g/mol. The molecule has 4 nitrogen and oxygen atoms in total. The second-order valence-corrected chi connectivity index (χ2v) is 4.50. The molecule has 1 aliphatic heterocycles. The number of hydrogen-bond acceptors (Lipinski definition) is 4. The maximum atomic E-state index is 11.5. The Balaban J connectivity index is 2.43. The highest BCUT2D eigenvalue weighted by Gasteiger charge is 2.24. The number of esters is 1. The summed E-state index contributed by atoms with van der Waals surface area (Å²) in [5, 5.41) is 3.40. The fourth-order valence-corrected chi connectivity index (χ4v) is 2.29. The number of methoxy groups -OCH3 is 1. The minimum atomic E-state index is -0.134. The van der Waals surface area contributed by atoms with Gasteiger partial charge in [-0.1, -0.05) is 6.92 Å². The van der Waals surface area contributed by atoms with Crippen molar-refractivity contribution >= 4 is 5.97 Å².